The van der Waals surface area contributed by atoms with E-state index in [4.69, 9.17) is 9.84 Å². The van der Waals surface area contributed by atoms with Crippen LogP contribution in [0.5, 0.6) is 0 Å². The summed E-state index contributed by atoms with van der Waals surface area (Å²) in [5.41, 5.74) is 0.772. The molecule has 0 spiro atoms. The van der Waals surface area contributed by atoms with E-state index >= 15 is 0 Å². The minimum atomic E-state index is -0.992. The summed E-state index contributed by atoms with van der Waals surface area (Å²) < 4.78 is 5.27. The summed E-state index contributed by atoms with van der Waals surface area (Å²) in [6.07, 6.45) is -0.617. The lowest BCUT2D eigenvalue weighted by atomic mass is 10.0. The Morgan fingerprint density at radius 2 is 1.65 bits per heavy atom. The first-order chi connectivity index (χ1) is 10.6. The molecule has 1 aromatic rings. The minimum Gasteiger partial charge on any atom is -0.481 e. The topological polar surface area (TPSA) is 83.9 Å². The highest BCUT2D eigenvalue weighted by molar-refractivity contribution is 5.97. The average Bonchev–Trinajstić information content (AvgIpc) is 2.43. The molecule has 6 heteroatoms. The van der Waals surface area contributed by atoms with Gasteiger partial charge in [0.15, 0.2) is 5.78 Å². The quantitative estimate of drug-likeness (QED) is 0.814. The second-order valence-corrected chi connectivity index (χ2v) is 6.35. The number of carboxylic acids is 1. The predicted octanol–water partition coefficient (Wildman–Crippen LogP) is 3.10. The van der Waals surface area contributed by atoms with Crippen LogP contribution >= 0.6 is 0 Å². The van der Waals surface area contributed by atoms with Crippen molar-refractivity contribution < 1.29 is 24.2 Å². The zero-order valence-electron chi connectivity index (χ0n) is 14.0. The van der Waals surface area contributed by atoms with Crippen LogP contribution in [0, 0.1) is 0 Å². The molecule has 0 atom stereocenters. The Morgan fingerprint density at radius 1 is 1.09 bits per heavy atom. The Kier molecular flexibility index (Phi) is 6.30. The number of carbonyl (C=O) groups excluding carboxylic acids is 2. The molecule has 126 valence electrons. The van der Waals surface area contributed by atoms with E-state index in [0.29, 0.717) is 12.1 Å². The zero-order valence-corrected chi connectivity index (χ0v) is 14.0. The Bertz CT molecular complexity index is 572. The molecule has 0 aliphatic carbocycles. The highest BCUT2D eigenvalue weighted by Crippen LogP contribution is 2.13. The van der Waals surface area contributed by atoms with Gasteiger partial charge >= 0.3 is 12.1 Å². The number of nitrogens with zero attached hydrogens (tertiary/aromatic N) is 1. The fourth-order valence-corrected chi connectivity index (χ4v) is 1.84. The van der Waals surface area contributed by atoms with Crippen LogP contribution in [0.2, 0.25) is 0 Å². The Hall–Kier alpha value is -2.37. The molecule has 1 aromatic carbocycles. The molecule has 23 heavy (non-hydrogen) atoms. The summed E-state index contributed by atoms with van der Waals surface area (Å²) in [6, 6.07) is 6.77. The van der Waals surface area contributed by atoms with Crippen molar-refractivity contribution in [2.45, 2.75) is 45.8 Å². The number of hydrogen-bond donors (Lipinski definition) is 1. The van der Waals surface area contributed by atoms with Crippen LogP contribution in [0.25, 0.3) is 0 Å². The molecule has 6 nitrogen and oxygen atoms in total. The predicted molar refractivity (Wildman–Crippen MR) is 85.3 cm³/mol. The van der Waals surface area contributed by atoms with Crippen molar-refractivity contribution in [3.8, 4) is 0 Å². The first-order valence-electron chi connectivity index (χ1n) is 7.36. The van der Waals surface area contributed by atoms with E-state index in [-0.39, 0.29) is 18.6 Å². The van der Waals surface area contributed by atoms with Gasteiger partial charge in [-0.2, -0.15) is 0 Å². The number of aliphatic carboxylic acids is 1. The largest absolute Gasteiger partial charge is 0.481 e. The molecule has 0 fully saturated rings. The average molecular weight is 321 g/mol. The normalized spacial score (nSPS) is 11.0. The van der Waals surface area contributed by atoms with Gasteiger partial charge in [-0.1, -0.05) is 24.3 Å². The Balaban J connectivity index is 2.61. The fourth-order valence-electron chi connectivity index (χ4n) is 1.84. The van der Waals surface area contributed by atoms with E-state index in [9.17, 15) is 14.4 Å². The third kappa shape index (κ3) is 6.95. The number of hydrogen-bond acceptors (Lipinski definition) is 4. The summed E-state index contributed by atoms with van der Waals surface area (Å²) in [7, 11) is 1.64. The van der Waals surface area contributed by atoms with Gasteiger partial charge in [0, 0.05) is 25.6 Å². The van der Waals surface area contributed by atoms with Gasteiger partial charge in [-0.25, -0.2) is 4.79 Å². The molecular formula is C17H23NO5. The van der Waals surface area contributed by atoms with Crippen LogP contribution in [0.1, 0.15) is 49.5 Å². The van der Waals surface area contributed by atoms with Gasteiger partial charge < -0.3 is 14.7 Å². The van der Waals surface area contributed by atoms with Crippen LogP contribution in [-0.2, 0) is 16.1 Å². The minimum absolute atomic E-state index is 0.0213. The van der Waals surface area contributed by atoms with Crippen molar-refractivity contribution >= 4 is 17.8 Å². The zero-order chi connectivity index (χ0) is 17.6. The molecule has 0 saturated heterocycles. The molecule has 0 bridgehead atoms. The number of amides is 1. The van der Waals surface area contributed by atoms with Crippen molar-refractivity contribution in [2.24, 2.45) is 0 Å². The number of ether oxygens (including phenoxy) is 1. The molecule has 0 aliphatic heterocycles. The van der Waals surface area contributed by atoms with Crippen molar-refractivity contribution in [1.82, 2.24) is 4.90 Å². The molecule has 1 rings (SSSR count). The SMILES string of the molecule is CN(Cc1ccc(C(=O)CCC(=O)O)cc1)C(=O)OC(C)(C)C. The van der Waals surface area contributed by atoms with Crippen molar-refractivity contribution in [3.63, 3.8) is 0 Å². The standard InChI is InChI=1S/C17H23NO5/c1-17(2,3)23-16(22)18(4)11-12-5-7-13(8-6-12)14(19)9-10-15(20)21/h5-8H,9-11H2,1-4H3,(H,20,21). The maximum absolute atomic E-state index is 11.9. The highest BCUT2D eigenvalue weighted by Gasteiger charge is 2.19. The molecule has 0 heterocycles. The lowest BCUT2D eigenvalue weighted by Crippen LogP contribution is -2.33. The van der Waals surface area contributed by atoms with Crippen molar-refractivity contribution in [1.29, 1.82) is 0 Å². The van der Waals surface area contributed by atoms with Gasteiger partial charge in [0.2, 0.25) is 0 Å². The maximum Gasteiger partial charge on any atom is 0.410 e. The van der Waals surface area contributed by atoms with Gasteiger partial charge in [-0.3, -0.25) is 9.59 Å². The first kappa shape index (κ1) is 18.7. The summed E-state index contributed by atoms with van der Waals surface area (Å²) in [5, 5.41) is 8.58. The second-order valence-electron chi connectivity index (χ2n) is 6.35. The van der Waals surface area contributed by atoms with Crippen LogP contribution in [0.3, 0.4) is 0 Å². The number of carbonyl (C=O) groups is 3. The lowest BCUT2D eigenvalue weighted by molar-refractivity contribution is -0.136. The molecule has 0 saturated carbocycles. The smallest absolute Gasteiger partial charge is 0.410 e. The number of Topliss-reactive ketones (excluding diaryl/α,β-unsaturated/α-hetero) is 1. The van der Waals surface area contributed by atoms with Gasteiger partial charge in [0.25, 0.3) is 0 Å². The lowest BCUT2D eigenvalue weighted by Gasteiger charge is -2.24. The fraction of sp³-hybridized carbons (Fsp3) is 0.471. The molecule has 1 amide bonds. The highest BCUT2D eigenvalue weighted by atomic mass is 16.6. The van der Waals surface area contributed by atoms with E-state index in [2.05, 4.69) is 0 Å². The van der Waals surface area contributed by atoms with E-state index in [1.165, 1.54) is 4.90 Å². The summed E-state index contributed by atoms with van der Waals surface area (Å²) in [4.78, 5) is 35.6. The number of ketones is 1. The third-order valence-corrected chi connectivity index (χ3v) is 2.97. The van der Waals surface area contributed by atoms with Gasteiger partial charge in [0.1, 0.15) is 5.60 Å². The van der Waals surface area contributed by atoms with Crippen molar-refractivity contribution in [2.75, 3.05) is 7.05 Å². The van der Waals surface area contributed by atoms with Gasteiger partial charge in [-0.05, 0) is 26.3 Å². The Morgan fingerprint density at radius 3 is 2.13 bits per heavy atom. The van der Waals surface area contributed by atoms with Crippen molar-refractivity contribution in [3.05, 3.63) is 35.4 Å². The third-order valence-electron chi connectivity index (χ3n) is 2.97. The molecular weight excluding hydrogens is 298 g/mol. The summed E-state index contributed by atoms with van der Waals surface area (Å²) in [6.45, 7) is 5.77. The van der Waals surface area contributed by atoms with Gasteiger partial charge in [0.05, 0.1) is 6.42 Å². The molecule has 0 aromatic heterocycles. The van der Waals surface area contributed by atoms with E-state index in [1.54, 1.807) is 52.1 Å². The molecule has 0 radical (unpaired) electrons. The maximum atomic E-state index is 11.9. The molecule has 1 N–H and O–H groups in total. The van der Waals surface area contributed by atoms with Gasteiger partial charge in [-0.15, -0.1) is 0 Å². The monoisotopic (exact) mass is 321 g/mol. The summed E-state index contributed by atoms with van der Waals surface area (Å²) >= 11 is 0. The van der Waals surface area contributed by atoms with E-state index in [0.717, 1.165) is 5.56 Å². The Labute approximate surface area is 136 Å². The van der Waals surface area contributed by atoms with E-state index in [1.807, 2.05) is 0 Å². The summed E-state index contributed by atoms with van der Waals surface area (Å²) in [5.74, 6) is -1.20. The van der Waals surface area contributed by atoms with Crippen LogP contribution in [0.15, 0.2) is 24.3 Å². The molecule has 0 unspecified atom stereocenters. The van der Waals surface area contributed by atoms with Crippen LogP contribution in [-0.4, -0.2) is 40.5 Å². The number of benzene rings is 1. The first-order valence-corrected chi connectivity index (χ1v) is 7.36. The van der Waals surface area contributed by atoms with E-state index < -0.39 is 17.7 Å². The van der Waals surface area contributed by atoms with Crippen LogP contribution < -0.4 is 0 Å². The number of carboxylic acid groups (broad SMARTS) is 1. The van der Waals surface area contributed by atoms with Crippen LogP contribution in [0.4, 0.5) is 4.79 Å². The second kappa shape index (κ2) is 7.76. The molecule has 0 aliphatic rings. The number of rotatable bonds is 6.